The molecule has 2 aromatic carbocycles. The van der Waals surface area contributed by atoms with Gasteiger partial charge in [0.1, 0.15) is 0 Å². The van der Waals surface area contributed by atoms with Crippen LogP contribution >= 0.6 is 33.9 Å². The van der Waals surface area contributed by atoms with Crippen LogP contribution in [0.25, 0.3) is 21.6 Å². The summed E-state index contributed by atoms with van der Waals surface area (Å²) in [6.45, 7) is 4.68. The third kappa shape index (κ3) is 2.00. The fraction of sp³-hybridized carbons (Fsp3) is 0.158. The van der Waals surface area contributed by atoms with Crippen molar-refractivity contribution in [3.63, 3.8) is 0 Å². The maximum absolute atomic E-state index is 2.41. The van der Waals surface area contributed by atoms with Crippen molar-refractivity contribution in [1.29, 1.82) is 0 Å². The van der Waals surface area contributed by atoms with Gasteiger partial charge in [-0.3, -0.25) is 0 Å². The van der Waals surface area contributed by atoms with Gasteiger partial charge in [-0.25, -0.2) is 0 Å². The first-order chi connectivity index (χ1) is 10.1. The predicted molar refractivity (Wildman–Crippen MR) is 100 cm³/mol. The van der Waals surface area contributed by atoms with Gasteiger partial charge >= 0.3 is 0 Å². The molecule has 3 aromatic rings. The van der Waals surface area contributed by atoms with Crippen LogP contribution in [-0.4, -0.2) is 0 Å². The molecule has 0 saturated carbocycles. The van der Waals surface area contributed by atoms with Gasteiger partial charge in [-0.05, 0) is 80.1 Å². The average molecular weight is 402 g/mol. The smallest absolute Gasteiger partial charge is 0.0342 e. The van der Waals surface area contributed by atoms with Crippen LogP contribution in [0.5, 0.6) is 0 Å². The maximum atomic E-state index is 2.41. The summed E-state index contributed by atoms with van der Waals surface area (Å²) in [5.41, 5.74) is 7.11. The normalized spacial score (nSPS) is 14.8. The van der Waals surface area contributed by atoms with Gasteiger partial charge in [-0.15, -0.1) is 11.3 Å². The summed E-state index contributed by atoms with van der Waals surface area (Å²) in [6, 6.07) is 18.1. The summed E-state index contributed by atoms with van der Waals surface area (Å²) in [4.78, 5) is 1.35. The summed E-state index contributed by atoms with van der Waals surface area (Å²) in [5, 5.41) is 2.14. The highest BCUT2D eigenvalue weighted by atomic mass is 127. The molecule has 0 fully saturated rings. The number of thiophene rings is 1. The molecule has 1 aliphatic rings. The summed E-state index contributed by atoms with van der Waals surface area (Å²) in [5.74, 6) is 0. The molecule has 0 atom stereocenters. The molecule has 0 aliphatic heterocycles. The molecule has 0 radical (unpaired) electrons. The largest absolute Gasteiger partial charge is 0.144 e. The molecule has 1 aromatic heterocycles. The Hall–Kier alpha value is -1.13. The summed E-state index contributed by atoms with van der Waals surface area (Å²) >= 11 is 4.21. The average Bonchev–Trinajstić information content (AvgIpc) is 3.06. The standard InChI is InChI=1S/C19H15IS/c1-19(2)16-10-12(18-4-3-9-21-18)5-7-14(16)15-8-6-13(20)11-17(15)19/h3-11H,1-2H3. The lowest BCUT2D eigenvalue weighted by atomic mass is 9.82. The van der Waals surface area contributed by atoms with Crippen LogP contribution in [0.4, 0.5) is 0 Å². The first-order valence-electron chi connectivity index (χ1n) is 7.06. The van der Waals surface area contributed by atoms with Crippen LogP contribution in [0.2, 0.25) is 0 Å². The number of halogens is 1. The van der Waals surface area contributed by atoms with E-state index in [1.165, 1.54) is 36.3 Å². The van der Waals surface area contributed by atoms with Gasteiger partial charge in [0.15, 0.2) is 0 Å². The van der Waals surface area contributed by atoms with Gasteiger partial charge in [0, 0.05) is 13.9 Å². The van der Waals surface area contributed by atoms with E-state index in [4.69, 9.17) is 0 Å². The van der Waals surface area contributed by atoms with Gasteiger partial charge in [-0.2, -0.15) is 0 Å². The van der Waals surface area contributed by atoms with Crippen molar-refractivity contribution in [3.8, 4) is 21.6 Å². The van der Waals surface area contributed by atoms with Crippen molar-refractivity contribution in [2.75, 3.05) is 0 Å². The Kier molecular flexibility index (Phi) is 3.02. The Morgan fingerprint density at radius 2 is 1.62 bits per heavy atom. The van der Waals surface area contributed by atoms with Crippen molar-refractivity contribution in [3.05, 3.63) is 68.6 Å². The van der Waals surface area contributed by atoms with Crippen molar-refractivity contribution in [2.45, 2.75) is 19.3 Å². The van der Waals surface area contributed by atoms with Crippen LogP contribution in [0.15, 0.2) is 53.9 Å². The van der Waals surface area contributed by atoms with E-state index in [1.807, 2.05) is 0 Å². The van der Waals surface area contributed by atoms with E-state index in [0.29, 0.717) is 0 Å². The first-order valence-corrected chi connectivity index (χ1v) is 9.02. The SMILES string of the molecule is CC1(C)c2cc(I)ccc2-c2ccc(-c3cccs3)cc21. The third-order valence-corrected chi connectivity index (χ3v) is 6.03. The minimum absolute atomic E-state index is 0.0825. The molecule has 0 nitrogen and oxygen atoms in total. The van der Waals surface area contributed by atoms with E-state index in [2.05, 4.69) is 90.3 Å². The molecule has 1 heterocycles. The quantitative estimate of drug-likeness (QED) is 0.418. The number of rotatable bonds is 1. The van der Waals surface area contributed by atoms with E-state index < -0.39 is 0 Å². The van der Waals surface area contributed by atoms with Crippen molar-refractivity contribution in [1.82, 2.24) is 0 Å². The molecule has 0 spiro atoms. The molecule has 1 aliphatic carbocycles. The molecule has 2 heteroatoms. The fourth-order valence-electron chi connectivity index (χ4n) is 3.31. The molecule has 0 N–H and O–H groups in total. The maximum Gasteiger partial charge on any atom is 0.0342 e. The van der Waals surface area contributed by atoms with Crippen LogP contribution in [0, 0.1) is 3.57 Å². The second-order valence-electron chi connectivity index (χ2n) is 6.05. The first kappa shape index (κ1) is 13.5. The Morgan fingerprint density at radius 3 is 2.33 bits per heavy atom. The van der Waals surface area contributed by atoms with Gasteiger partial charge in [0.05, 0.1) is 0 Å². The number of hydrogen-bond donors (Lipinski definition) is 0. The molecule has 0 amide bonds. The summed E-state index contributed by atoms with van der Waals surface area (Å²) < 4.78 is 1.31. The molecular formula is C19H15IS. The fourth-order valence-corrected chi connectivity index (χ4v) is 4.52. The molecule has 0 unspecified atom stereocenters. The van der Waals surface area contributed by atoms with Gasteiger partial charge < -0.3 is 0 Å². The lowest BCUT2D eigenvalue weighted by Gasteiger charge is -2.22. The van der Waals surface area contributed by atoms with E-state index >= 15 is 0 Å². The third-order valence-electron chi connectivity index (χ3n) is 4.44. The highest BCUT2D eigenvalue weighted by Gasteiger charge is 2.35. The summed E-state index contributed by atoms with van der Waals surface area (Å²) in [6.07, 6.45) is 0. The lowest BCUT2D eigenvalue weighted by molar-refractivity contribution is 0.660. The Balaban J connectivity index is 1.96. The zero-order chi connectivity index (χ0) is 14.6. The Bertz CT molecular complexity index is 829. The topological polar surface area (TPSA) is 0 Å². The number of hydrogen-bond acceptors (Lipinski definition) is 1. The van der Waals surface area contributed by atoms with E-state index in [9.17, 15) is 0 Å². The van der Waals surface area contributed by atoms with Crippen LogP contribution in [0.1, 0.15) is 25.0 Å². The highest BCUT2D eigenvalue weighted by Crippen LogP contribution is 2.50. The molecule has 4 rings (SSSR count). The van der Waals surface area contributed by atoms with Crippen molar-refractivity contribution >= 4 is 33.9 Å². The van der Waals surface area contributed by atoms with Crippen molar-refractivity contribution in [2.24, 2.45) is 0 Å². The van der Waals surface area contributed by atoms with Gasteiger partial charge in [0.25, 0.3) is 0 Å². The van der Waals surface area contributed by atoms with Crippen LogP contribution in [0.3, 0.4) is 0 Å². The Labute approximate surface area is 143 Å². The Morgan fingerprint density at radius 1 is 0.905 bits per heavy atom. The zero-order valence-electron chi connectivity index (χ0n) is 12.0. The van der Waals surface area contributed by atoms with E-state index in [0.717, 1.165) is 0 Å². The second-order valence-corrected chi connectivity index (χ2v) is 8.25. The highest BCUT2D eigenvalue weighted by molar-refractivity contribution is 14.1. The van der Waals surface area contributed by atoms with E-state index in [-0.39, 0.29) is 5.41 Å². The second kappa shape index (κ2) is 4.68. The lowest BCUT2D eigenvalue weighted by Crippen LogP contribution is -2.15. The molecule has 0 bridgehead atoms. The van der Waals surface area contributed by atoms with Crippen molar-refractivity contribution < 1.29 is 0 Å². The minimum Gasteiger partial charge on any atom is -0.144 e. The number of benzene rings is 2. The molecule has 21 heavy (non-hydrogen) atoms. The monoisotopic (exact) mass is 402 g/mol. The van der Waals surface area contributed by atoms with Crippen LogP contribution < -0.4 is 0 Å². The van der Waals surface area contributed by atoms with E-state index in [1.54, 1.807) is 11.3 Å². The predicted octanol–water partition coefficient (Wildman–Crippen LogP) is 6.33. The minimum atomic E-state index is 0.0825. The zero-order valence-corrected chi connectivity index (χ0v) is 15.0. The van der Waals surface area contributed by atoms with Gasteiger partial charge in [0.2, 0.25) is 0 Å². The van der Waals surface area contributed by atoms with Gasteiger partial charge in [-0.1, -0.05) is 38.1 Å². The summed E-state index contributed by atoms with van der Waals surface area (Å²) in [7, 11) is 0. The molecule has 104 valence electrons. The number of fused-ring (bicyclic) bond motifs is 3. The molecular weight excluding hydrogens is 387 g/mol. The molecule has 0 saturated heterocycles. The van der Waals surface area contributed by atoms with Crippen LogP contribution in [-0.2, 0) is 5.41 Å².